The van der Waals surface area contributed by atoms with E-state index in [1.54, 1.807) is 11.3 Å². The quantitative estimate of drug-likeness (QED) is 0.173. The van der Waals surface area contributed by atoms with Gasteiger partial charge in [-0.2, -0.15) is 0 Å². The van der Waals surface area contributed by atoms with Crippen LogP contribution in [0.1, 0.15) is 22.3 Å². The third-order valence-electron chi connectivity index (χ3n) is 12.9. The topological polar surface area (TPSA) is 47.9 Å². The Bertz CT molecular complexity index is 3570. The summed E-state index contributed by atoms with van der Waals surface area (Å²) in [5.74, 6) is 3.61. The average molecular weight is 822 g/mol. The molecule has 0 unspecified atom stereocenters. The molecule has 9 aromatic carbocycles. The van der Waals surface area contributed by atoms with Crippen LogP contribution in [0.15, 0.2) is 212 Å². The Labute approximate surface area is 368 Å². The third kappa shape index (κ3) is 5.37. The number of fused-ring (bicyclic) bond motifs is 12. The first-order valence-corrected chi connectivity index (χ1v) is 22.1. The van der Waals surface area contributed by atoms with E-state index in [0.717, 1.165) is 66.3 Å². The molecule has 1 spiro atoms. The number of para-hydroxylation sites is 2. The van der Waals surface area contributed by atoms with Gasteiger partial charge in [-0.05, 0) is 68.8 Å². The molecule has 0 saturated heterocycles. The molecule has 0 atom stereocenters. The van der Waals surface area contributed by atoms with Gasteiger partial charge in [0, 0.05) is 48.0 Å². The van der Waals surface area contributed by atoms with Gasteiger partial charge in [-0.25, -0.2) is 15.0 Å². The SMILES string of the molecule is c1ccc(-c2ccc(-c3ccccc3-c3nc(-c4cccc5c4-c4ccccc4C54c5ccccc5Oc5ccccc54)nc(-c4cccc5c4sc4ccccc45)n3)cc2)cc1. The predicted molar refractivity (Wildman–Crippen MR) is 257 cm³/mol. The zero-order valence-corrected chi connectivity index (χ0v) is 34.7. The van der Waals surface area contributed by atoms with Crippen molar-refractivity contribution in [3.8, 4) is 79.0 Å². The molecule has 0 radical (unpaired) electrons. The Morgan fingerprint density at radius 1 is 0.333 bits per heavy atom. The molecular weight excluding hydrogens is 787 g/mol. The smallest absolute Gasteiger partial charge is 0.165 e. The molecule has 0 saturated carbocycles. The largest absolute Gasteiger partial charge is 0.457 e. The van der Waals surface area contributed by atoms with Crippen molar-refractivity contribution in [2.24, 2.45) is 0 Å². The summed E-state index contributed by atoms with van der Waals surface area (Å²) >= 11 is 1.79. The van der Waals surface area contributed by atoms with Gasteiger partial charge in [0.15, 0.2) is 17.5 Å². The maximum Gasteiger partial charge on any atom is 0.165 e. The molecule has 1 aliphatic carbocycles. The molecule has 63 heavy (non-hydrogen) atoms. The van der Waals surface area contributed by atoms with Gasteiger partial charge < -0.3 is 4.74 Å². The zero-order valence-electron chi connectivity index (χ0n) is 33.9. The number of thiophene rings is 1. The maximum absolute atomic E-state index is 6.64. The third-order valence-corrected chi connectivity index (χ3v) is 14.1. The fraction of sp³-hybridized carbons (Fsp3) is 0.0172. The Morgan fingerprint density at radius 3 is 1.59 bits per heavy atom. The number of benzene rings is 9. The molecule has 3 heterocycles. The molecule has 13 rings (SSSR count). The van der Waals surface area contributed by atoms with Crippen molar-refractivity contribution in [1.82, 2.24) is 15.0 Å². The monoisotopic (exact) mass is 821 g/mol. The van der Waals surface area contributed by atoms with Gasteiger partial charge in [-0.3, -0.25) is 0 Å². The highest BCUT2D eigenvalue weighted by Gasteiger charge is 2.51. The Hall–Kier alpha value is -7.99. The Kier molecular flexibility index (Phi) is 7.96. The van der Waals surface area contributed by atoms with E-state index >= 15 is 0 Å². The number of hydrogen-bond acceptors (Lipinski definition) is 5. The summed E-state index contributed by atoms with van der Waals surface area (Å²) in [7, 11) is 0. The zero-order chi connectivity index (χ0) is 41.5. The van der Waals surface area contributed by atoms with Gasteiger partial charge in [0.2, 0.25) is 0 Å². The molecule has 1 aliphatic heterocycles. The summed E-state index contributed by atoms with van der Waals surface area (Å²) in [5, 5.41) is 2.43. The van der Waals surface area contributed by atoms with E-state index in [2.05, 4.69) is 212 Å². The summed E-state index contributed by atoms with van der Waals surface area (Å²) in [6.45, 7) is 0. The van der Waals surface area contributed by atoms with Crippen LogP contribution in [0.4, 0.5) is 0 Å². The van der Waals surface area contributed by atoms with Crippen molar-refractivity contribution < 1.29 is 4.74 Å². The Balaban J connectivity index is 1.07. The molecule has 0 fully saturated rings. The van der Waals surface area contributed by atoms with Crippen LogP contribution in [0, 0.1) is 0 Å². The van der Waals surface area contributed by atoms with Gasteiger partial charge in [-0.1, -0.05) is 188 Å². The minimum atomic E-state index is -0.618. The van der Waals surface area contributed by atoms with E-state index in [0.29, 0.717) is 17.5 Å². The van der Waals surface area contributed by atoms with Crippen LogP contribution in [0.2, 0.25) is 0 Å². The lowest BCUT2D eigenvalue weighted by Crippen LogP contribution is -2.32. The normalized spacial score (nSPS) is 13.0. The van der Waals surface area contributed by atoms with Crippen LogP contribution in [-0.2, 0) is 5.41 Å². The van der Waals surface area contributed by atoms with Crippen LogP contribution >= 0.6 is 11.3 Å². The van der Waals surface area contributed by atoms with Crippen LogP contribution in [0.5, 0.6) is 11.5 Å². The first-order chi connectivity index (χ1) is 31.2. The molecule has 294 valence electrons. The number of rotatable bonds is 5. The van der Waals surface area contributed by atoms with Crippen molar-refractivity contribution in [3.05, 3.63) is 235 Å². The van der Waals surface area contributed by atoms with E-state index in [-0.39, 0.29) is 0 Å². The molecular formula is C58H35N3OS. The first kappa shape index (κ1) is 35.7. The minimum Gasteiger partial charge on any atom is -0.457 e. The molecule has 2 aromatic heterocycles. The number of aromatic nitrogens is 3. The predicted octanol–water partition coefficient (Wildman–Crippen LogP) is 15.0. The standard InChI is InChI=1S/C58H35N3OS/c1-2-16-36(17-3-1)37-32-34-38(35-33-37)39-18-4-5-20-42(39)55-59-56(61-57(60-55)45-24-14-22-41-40-19-7-13-31-52(40)63-54(41)45)44-23-15-28-49-53(44)43-21-6-8-25-46(43)58(49)47-26-9-11-29-50(47)62-51-30-12-10-27-48(51)58/h1-35H. The van der Waals surface area contributed by atoms with Crippen molar-refractivity contribution in [1.29, 1.82) is 0 Å². The molecule has 0 bridgehead atoms. The number of nitrogens with zero attached hydrogens (tertiary/aromatic N) is 3. The van der Waals surface area contributed by atoms with Gasteiger partial charge in [0.05, 0.1) is 5.41 Å². The van der Waals surface area contributed by atoms with Gasteiger partial charge >= 0.3 is 0 Å². The summed E-state index contributed by atoms with van der Waals surface area (Å²) in [5.41, 5.74) is 13.7. The van der Waals surface area contributed by atoms with Gasteiger partial charge in [0.1, 0.15) is 11.5 Å². The first-order valence-electron chi connectivity index (χ1n) is 21.3. The molecule has 2 aliphatic rings. The van der Waals surface area contributed by atoms with Crippen molar-refractivity contribution >= 4 is 31.5 Å². The van der Waals surface area contributed by atoms with Crippen LogP contribution in [0.3, 0.4) is 0 Å². The minimum absolute atomic E-state index is 0.618. The second kappa shape index (κ2) is 14.0. The van der Waals surface area contributed by atoms with E-state index in [1.165, 1.54) is 37.7 Å². The lowest BCUT2D eigenvalue weighted by atomic mass is 9.66. The average Bonchev–Trinajstić information content (AvgIpc) is 3.89. The summed E-state index contributed by atoms with van der Waals surface area (Å²) in [6, 6.07) is 75.3. The van der Waals surface area contributed by atoms with Crippen molar-refractivity contribution in [3.63, 3.8) is 0 Å². The van der Waals surface area contributed by atoms with E-state index in [1.807, 2.05) is 0 Å². The maximum atomic E-state index is 6.64. The highest BCUT2D eigenvalue weighted by atomic mass is 32.1. The fourth-order valence-corrected chi connectivity index (χ4v) is 11.4. The summed E-state index contributed by atoms with van der Waals surface area (Å²) in [4.78, 5) is 16.4. The van der Waals surface area contributed by atoms with Crippen molar-refractivity contribution in [2.45, 2.75) is 5.41 Å². The Morgan fingerprint density at radius 2 is 0.825 bits per heavy atom. The van der Waals surface area contributed by atoms with E-state index in [9.17, 15) is 0 Å². The lowest BCUT2D eigenvalue weighted by molar-refractivity contribution is 0.436. The summed E-state index contributed by atoms with van der Waals surface area (Å²) in [6.07, 6.45) is 0. The second-order valence-electron chi connectivity index (χ2n) is 16.2. The van der Waals surface area contributed by atoms with E-state index in [4.69, 9.17) is 19.7 Å². The molecule has 5 heteroatoms. The highest BCUT2D eigenvalue weighted by molar-refractivity contribution is 7.26. The van der Waals surface area contributed by atoms with E-state index < -0.39 is 5.41 Å². The molecule has 4 nitrogen and oxygen atoms in total. The highest BCUT2D eigenvalue weighted by Crippen LogP contribution is 2.63. The molecule has 0 N–H and O–H groups in total. The van der Waals surface area contributed by atoms with Crippen LogP contribution in [0.25, 0.3) is 87.7 Å². The van der Waals surface area contributed by atoms with Gasteiger partial charge in [-0.15, -0.1) is 11.3 Å². The lowest BCUT2D eigenvalue weighted by Gasteiger charge is -2.39. The van der Waals surface area contributed by atoms with Crippen LogP contribution < -0.4 is 4.74 Å². The molecule has 0 amide bonds. The van der Waals surface area contributed by atoms with Crippen LogP contribution in [-0.4, -0.2) is 15.0 Å². The summed E-state index contributed by atoms with van der Waals surface area (Å²) < 4.78 is 9.03. The van der Waals surface area contributed by atoms with Crippen molar-refractivity contribution in [2.75, 3.05) is 0 Å². The second-order valence-corrected chi connectivity index (χ2v) is 17.2. The number of ether oxygens (including phenoxy) is 1. The van der Waals surface area contributed by atoms with Gasteiger partial charge in [0.25, 0.3) is 0 Å². The number of hydrogen-bond donors (Lipinski definition) is 0. The molecule has 11 aromatic rings. The fourth-order valence-electron chi connectivity index (χ4n) is 10.2.